The van der Waals surface area contributed by atoms with Crippen molar-refractivity contribution < 1.29 is 4.74 Å². The molecule has 0 aromatic carbocycles. The van der Waals surface area contributed by atoms with Gasteiger partial charge in [0.1, 0.15) is 16.5 Å². The molecule has 2 heterocycles. The highest BCUT2D eigenvalue weighted by molar-refractivity contribution is 7.98. The molecular weight excluding hydrogens is 290 g/mol. The molecule has 0 saturated heterocycles. The highest BCUT2D eigenvalue weighted by Gasteiger charge is 2.13. The van der Waals surface area contributed by atoms with Gasteiger partial charge in [0.25, 0.3) is 0 Å². The van der Waals surface area contributed by atoms with Gasteiger partial charge in [0.2, 0.25) is 0 Å². The van der Waals surface area contributed by atoms with Crippen molar-refractivity contribution in [1.82, 2.24) is 9.97 Å². The van der Waals surface area contributed by atoms with E-state index < -0.39 is 0 Å². The number of rotatable bonds is 7. The van der Waals surface area contributed by atoms with E-state index in [2.05, 4.69) is 24.1 Å². The number of fused-ring (bicyclic) bond motifs is 1. The number of aryl methyl sites for hydroxylation is 2. The van der Waals surface area contributed by atoms with Crippen molar-refractivity contribution in [3.63, 3.8) is 0 Å². The SMILES string of the molecule is CNc1nc(CSCCCOC)nc2sc(C)c(C)c12. The average Bonchev–Trinajstić information content (AvgIpc) is 2.73. The third-order valence-electron chi connectivity index (χ3n) is 3.18. The molecule has 0 bridgehead atoms. The molecule has 0 aliphatic heterocycles. The summed E-state index contributed by atoms with van der Waals surface area (Å²) in [6.45, 7) is 5.09. The summed E-state index contributed by atoms with van der Waals surface area (Å²) < 4.78 is 5.05. The lowest BCUT2D eigenvalue weighted by atomic mass is 10.2. The van der Waals surface area contributed by atoms with E-state index in [-0.39, 0.29) is 0 Å². The maximum atomic E-state index is 5.05. The first-order chi connectivity index (χ1) is 9.67. The van der Waals surface area contributed by atoms with Gasteiger partial charge in [0, 0.05) is 25.6 Å². The molecule has 4 nitrogen and oxygen atoms in total. The quantitative estimate of drug-likeness (QED) is 0.791. The smallest absolute Gasteiger partial charge is 0.142 e. The van der Waals surface area contributed by atoms with E-state index >= 15 is 0 Å². The number of methoxy groups -OCH3 is 1. The van der Waals surface area contributed by atoms with Crippen LogP contribution in [0.25, 0.3) is 10.2 Å². The first-order valence-corrected chi connectivity index (χ1v) is 8.65. The fourth-order valence-electron chi connectivity index (χ4n) is 2.01. The Hall–Kier alpha value is -0.850. The average molecular weight is 311 g/mol. The molecule has 0 unspecified atom stereocenters. The van der Waals surface area contributed by atoms with Gasteiger partial charge in [-0.2, -0.15) is 11.8 Å². The van der Waals surface area contributed by atoms with Crippen molar-refractivity contribution in [2.45, 2.75) is 26.0 Å². The lowest BCUT2D eigenvalue weighted by molar-refractivity contribution is 0.200. The van der Waals surface area contributed by atoms with Crippen LogP contribution in [0.1, 0.15) is 22.7 Å². The van der Waals surface area contributed by atoms with Gasteiger partial charge in [-0.25, -0.2) is 9.97 Å². The Morgan fingerprint density at radius 1 is 1.30 bits per heavy atom. The molecular formula is C14H21N3OS2. The second-order valence-corrected chi connectivity index (χ2v) is 6.91. The van der Waals surface area contributed by atoms with Gasteiger partial charge in [-0.05, 0) is 31.6 Å². The highest BCUT2D eigenvalue weighted by atomic mass is 32.2. The van der Waals surface area contributed by atoms with Crippen LogP contribution in [0, 0.1) is 13.8 Å². The number of aromatic nitrogens is 2. The first kappa shape index (κ1) is 15.5. The van der Waals surface area contributed by atoms with Crippen LogP contribution in [0.4, 0.5) is 5.82 Å². The number of hydrogen-bond acceptors (Lipinski definition) is 6. The monoisotopic (exact) mass is 311 g/mol. The van der Waals surface area contributed by atoms with Gasteiger partial charge >= 0.3 is 0 Å². The molecule has 0 amide bonds. The Labute approximate surface area is 128 Å². The van der Waals surface area contributed by atoms with E-state index in [9.17, 15) is 0 Å². The summed E-state index contributed by atoms with van der Waals surface area (Å²) in [7, 11) is 3.66. The van der Waals surface area contributed by atoms with Crippen LogP contribution in [0.2, 0.25) is 0 Å². The number of nitrogens with zero attached hydrogens (tertiary/aromatic N) is 2. The minimum atomic E-state index is 0.817. The van der Waals surface area contributed by atoms with Crippen LogP contribution in [0.5, 0.6) is 0 Å². The number of thiophene rings is 1. The summed E-state index contributed by atoms with van der Waals surface area (Å²) in [5.74, 6) is 3.78. The predicted molar refractivity (Wildman–Crippen MR) is 89.1 cm³/mol. The molecule has 2 aromatic rings. The van der Waals surface area contributed by atoms with Crippen LogP contribution >= 0.6 is 23.1 Å². The van der Waals surface area contributed by atoms with E-state index in [1.165, 1.54) is 15.8 Å². The van der Waals surface area contributed by atoms with E-state index in [0.29, 0.717) is 0 Å². The Bertz CT molecular complexity index is 583. The van der Waals surface area contributed by atoms with Gasteiger partial charge in [0.05, 0.1) is 11.1 Å². The van der Waals surface area contributed by atoms with Crippen LogP contribution in [0.15, 0.2) is 0 Å². The number of hydrogen-bond donors (Lipinski definition) is 1. The molecule has 6 heteroatoms. The Balaban J connectivity index is 2.15. The third kappa shape index (κ3) is 3.42. The minimum Gasteiger partial charge on any atom is -0.385 e. The van der Waals surface area contributed by atoms with E-state index in [4.69, 9.17) is 9.72 Å². The maximum absolute atomic E-state index is 5.05. The zero-order valence-electron chi connectivity index (χ0n) is 12.4. The Morgan fingerprint density at radius 2 is 2.10 bits per heavy atom. The lowest BCUT2D eigenvalue weighted by Gasteiger charge is -2.06. The molecule has 0 radical (unpaired) electrons. The van der Waals surface area contributed by atoms with Crippen molar-refractivity contribution in [3.8, 4) is 0 Å². The van der Waals surface area contributed by atoms with Gasteiger partial charge < -0.3 is 10.1 Å². The molecule has 2 rings (SSSR count). The normalized spacial score (nSPS) is 11.2. The minimum absolute atomic E-state index is 0.817. The number of thioether (sulfide) groups is 1. The summed E-state index contributed by atoms with van der Waals surface area (Å²) in [5, 5.41) is 4.37. The van der Waals surface area contributed by atoms with Crippen LogP contribution in [-0.4, -0.2) is 36.5 Å². The molecule has 0 aliphatic carbocycles. The zero-order valence-corrected chi connectivity index (χ0v) is 14.1. The molecule has 20 heavy (non-hydrogen) atoms. The first-order valence-electron chi connectivity index (χ1n) is 6.68. The summed E-state index contributed by atoms with van der Waals surface area (Å²) in [5.41, 5.74) is 1.29. The molecule has 1 N–H and O–H groups in total. The highest BCUT2D eigenvalue weighted by Crippen LogP contribution is 2.33. The summed E-state index contributed by atoms with van der Waals surface area (Å²) in [4.78, 5) is 11.7. The van der Waals surface area contributed by atoms with Crippen molar-refractivity contribution in [3.05, 3.63) is 16.3 Å². The molecule has 0 spiro atoms. The van der Waals surface area contributed by atoms with Crippen molar-refractivity contribution in [1.29, 1.82) is 0 Å². The van der Waals surface area contributed by atoms with Gasteiger partial charge in [-0.15, -0.1) is 11.3 Å². The lowest BCUT2D eigenvalue weighted by Crippen LogP contribution is -2.00. The van der Waals surface area contributed by atoms with Crippen LogP contribution < -0.4 is 5.32 Å². The molecule has 2 aromatic heterocycles. The zero-order chi connectivity index (χ0) is 14.5. The van der Waals surface area contributed by atoms with E-state index in [1.54, 1.807) is 18.4 Å². The fraction of sp³-hybridized carbons (Fsp3) is 0.571. The van der Waals surface area contributed by atoms with E-state index in [1.807, 2.05) is 18.8 Å². The van der Waals surface area contributed by atoms with Gasteiger partial charge in [0.15, 0.2) is 0 Å². The van der Waals surface area contributed by atoms with Crippen molar-refractivity contribution in [2.75, 3.05) is 31.8 Å². The summed E-state index contributed by atoms with van der Waals surface area (Å²) in [6, 6.07) is 0. The molecule has 0 fully saturated rings. The summed E-state index contributed by atoms with van der Waals surface area (Å²) in [6.07, 6.45) is 1.07. The number of ether oxygens (including phenoxy) is 1. The fourth-order valence-corrected chi connectivity index (χ4v) is 3.83. The topological polar surface area (TPSA) is 47.0 Å². The molecule has 0 saturated carbocycles. The Morgan fingerprint density at radius 3 is 2.80 bits per heavy atom. The third-order valence-corrected chi connectivity index (χ3v) is 5.32. The van der Waals surface area contributed by atoms with Gasteiger partial charge in [-0.1, -0.05) is 0 Å². The Kier molecular flexibility index (Phi) is 5.63. The second-order valence-electron chi connectivity index (χ2n) is 4.60. The van der Waals surface area contributed by atoms with Crippen LogP contribution in [-0.2, 0) is 10.5 Å². The maximum Gasteiger partial charge on any atom is 0.142 e. The molecule has 110 valence electrons. The van der Waals surface area contributed by atoms with E-state index in [0.717, 1.165) is 41.0 Å². The van der Waals surface area contributed by atoms with Gasteiger partial charge in [-0.3, -0.25) is 0 Å². The largest absolute Gasteiger partial charge is 0.385 e. The number of nitrogens with one attached hydrogen (secondary N) is 1. The summed E-state index contributed by atoms with van der Waals surface area (Å²) >= 11 is 3.61. The predicted octanol–water partition coefficient (Wildman–Crippen LogP) is 3.62. The second kappa shape index (κ2) is 7.24. The standard InChI is InChI=1S/C14H21N3OS2/c1-9-10(2)20-14-12(9)13(15-3)16-11(17-14)8-19-7-5-6-18-4/h5-8H2,1-4H3,(H,15,16,17). The molecule has 0 atom stereocenters. The van der Waals surface area contributed by atoms with Crippen molar-refractivity contribution >= 4 is 39.1 Å². The van der Waals surface area contributed by atoms with Crippen molar-refractivity contribution in [2.24, 2.45) is 0 Å². The van der Waals surface area contributed by atoms with Crippen LogP contribution in [0.3, 0.4) is 0 Å². The molecule has 0 aliphatic rings. The number of anilines is 1.